The normalized spacial score (nSPS) is 12.3. The quantitative estimate of drug-likeness (QED) is 0.402. The van der Waals surface area contributed by atoms with Crippen molar-refractivity contribution in [1.29, 1.82) is 0 Å². The zero-order chi connectivity index (χ0) is 23.7. The van der Waals surface area contributed by atoms with E-state index in [2.05, 4.69) is 9.46 Å². The van der Waals surface area contributed by atoms with Crippen molar-refractivity contribution in [2.75, 3.05) is 7.11 Å². The molecular weight excluding hydrogens is 441 g/mol. The lowest BCUT2D eigenvalue weighted by atomic mass is 9.98. The topological polar surface area (TPSA) is 72.5 Å². The van der Waals surface area contributed by atoms with E-state index in [4.69, 9.17) is 0 Å². The summed E-state index contributed by atoms with van der Waals surface area (Å²) in [6, 6.07) is 21.9. The highest BCUT2D eigenvalue weighted by Gasteiger charge is 2.21. The van der Waals surface area contributed by atoms with Crippen LogP contribution in [0.2, 0.25) is 0 Å². The molecule has 33 heavy (non-hydrogen) atoms. The molecule has 1 N–H and O–H groups in total. The lowest BCUT2D eigenvalue weighted by Gasteiger charge is -2.20. The Balaban J connectivity index is 1.76. The van der Waals surface area contributed by atoms with Gasteiger partial charge in [-0.2, -0.15) is 0 Å². The third-order valence-electron chi connectivity index (χ3n) is 5.44. The smallest absolute Gasteiger partial charge is 0.305 e. The summed E-state index contributed by atoms with van der Waals surface area (Å²) >= 11 is 0. The number of esters is 1. The number of methoxy groups -OCH3 is 1. The first kappa shape index (κ1) is 24.6. The van der Waals surface area contributed by atoms with Gasteiger partial charge in [0.05, 0.1) is 12.0 Å². The second kappa shape index (κ2) is 11.7. The Morgan fingerprint density at radius 1 is 0.909 bits per heavy atom. The van der Waals surface area contributed by atoms with Gasteiger partial charge < -0.3 is 4.74 Å². The lowest BCUT2D eigenvalue weighted by Crippen LogP contribution is -2.29. The van der Waals surface area contributed by atoms with Crippen molar-refractivity contribution in [3.05, 3.63) is 101 Å². The largest absolute Gasteiger partial charge is 0.469 e. The Kier molecular flexibility index (Phi) is 8.74. The molecular formula is C26H28FNO4S. The molecule has 0 radical (unpaired) electrons. The summed E-state index contributed by atoms with van der Waals surface area (Å²) in [5.74, 6) is -0.722. The molecule has 0 spiro atoms. The monoisotopic (exact) mass is 469 g/mol. The van der Waals surface area contributed by atoms with Gasteiger partial charge in [-0.05, 0) is 66.6 Å². The van der Waals surface area contributed by atoms with E-state index in [1.165, 1.54) is 19.2 Å². The van der Waals surface area contributed by atoms with E-state index < -0.39 is 21.9 Å². The van der Waals surface area contributed by atoms with Crippen LogP contribution >= 0.6 is 0 Å². The standard InChI is InChI=1S/C26H28FNO4S/c1-32-26(29)9-5-8-21-10-13-22(14-11-21)25(19-12-20-6-3-2-4-7-20)28-33(30,31)24-17-15-23(27)16-18-24/h2-4,6-7,10-11,13-18,25,28H,5,8-9,12,19H2,1H3. The van der Waals surface area contributed by atoms with E-state index in [1.807, 2.05) is 54.6 Å². The van der Waals surface area contributed by atoms with Crippen LogP contribution in [-0.2, 0) is 32.4 Å². The Labute approximate surface area is 194 Å². The number of benzene rings is 3. The number of hydrogen-bond donors (Lipinski definition) is 1. The van der Waals surface area contributed by atoms with Gasteiger partial charge >= 0.3 is 5.97 Å². The van der Waals surface area contributed by atoms with Gasteiger partial charge in [0.25, 0.3) is 0 Å². The van der Waals surface area contributed by atoms with Crippen LogP contribution in [0.25, 0.3) is 0 Å². The number of ether oxygens (including phenoxy) is 1. The molecule has 0 aliphatic heterocycles. The molecule has 3 rings (SSSR count). The highest BCUT2D eigenvalue weighted by Crippen LogP contribution is 2.24. The van der Waals surface area contributed by atoms with Crippen LogP contribution in [0.4, 0.5) is 4.39 Å². The third-order valence-corrected chi connectivity index (χ3v) is 6.93. The Hall–Kier alpha value is -3.03. The second-order valence-electron chi connectivity index (χ2n) is 7.82. The molecule has 3 aromatic rings. The van der Waals surface area contributed by atoms with Gasteiger partial charge in [0.1, 0.15) is 5.82 Å². The van der Waals surface area contributed by atoms with E-state index in [1.54, 1.807) is 0 Å². The summed E-state index contributed by atoms with van der Waals surface area (Å²) in [6.45, 7) is 0. The van der Waals surface area contributed by atoms with Gasteiger partial charge in [-0.3, -0.25) is 4.79 Å². The molecule has 0 saturated heterocycles. The zero-order valence-electron chi connectivity index (χ0n) is 18.5. The minimum Gasteiger partial charge on any atom is -0.469 e. The molecule has 0 amide bonds. The molecule has 0 fully saturated rings. The Morgan fingerprint density at radius 3 is 2.18 bits per heavy atom. The lowest BCUT2D eigenvalue weighted by molar-refractivity contribution is -0.140. The summed E-state index contributed by atoms with van der Waals surface area (Å²) in [7, 11) is -2.46. The van der Waals surface area contributed by atoms with E-state index in [0.29, 0.717) is 25.7 Å². The van der Waals surface area contributed by atoms with Crippen molar-refractivity contribution in [3.8, 4) is 0 Å². The molecule has 3 aromatic carbocycles. The van der Waals surface area contributed by atoms with Gasteiger partial charge in [0.2, 0.25) is 10.0 Å². The van der Waals surface area contributed by atoms with Gasteiger partial charge in [0, 0.05) is 12.5 Å². The number of rotatable bonds is 11. The molecule has 0 bridgehead atoms. The fraction of sp³-hybridized carbons (Fsp3) is 0.269. The maximum Gasteiger partial charge on any atom is 0.305 e. The van der Waals surface area contributed by atoms with E-state index in [0.717, 1.165) is 35.2 Å². The van der Waals surface area contributed by atoms with Gasteiger partial charge in [0.15, 0.2) is 0 Å². The molecule has 0 saturated carbocycles. The van der Waals surface area contributed by atoms with Crippen LogP contribution < -0.4 is 4.72 Å². The first-order valence-corrected chi connectivity index (χ1v) is 12.3. The highest BCUT2D eigenvalue weighted by molar-refractivity contribution is 7.89. The SMILES string of the molecule is COC(=O)CCCc1ccc(C(CCc2ccccc2)NS(=O)(=O)c2ccc(F)cc2)cc1. The molecule has 0 heterocycles. The van der Waals surface area contributed by atoms with Crippen molar-refractivity contribution in [2.24, 2.45) is 0 Å². The number of hydrogen-bond acceptors (Lipinski definition) is 4. The summed E-state index contributed by atoms with van der Waals surface area (Å²) in [4.78, 5) is 11.3. The maximum atomic E-state index is 13.3. The number of carbonyl (C=O) groups is 1. The van der Waals surface area contributed by atoms with Crippen molar-refractivity contribution >= 4 is 16.0 Å². The minimum absolute atomic E-state index is 0.0213. The Morgan fingerprint density at radius 2 is 1.55 bits per heavy atom. The van der Waals surface area contributed by atoms with Crippen LogP contribution in [0.15, 0.2) is 83.8 Å². The number of aryl methyl sites for hydroxylation is 2. The summed E-state index contributed by atoms with van der Waals surface area (Å²) in [6.07, 6.45) is 3.02. The van der Waals surface area contributed by atoms with Crippen molar-refractivity contribution < 1.29 is 22.3 Å². The minimum atomic E-state index is -3.83. The first-order valence-electron chi connectivity index (χ1n) is 10.8. The average Bonchev–Trinajstić information content (AvgIpc) is 2.83. The van der Waals surface area contributed by atoms with Gasteiger partial charge in [-0.1, -0.05) is 54.6 Å². The number of halogens is 1. The molecule has 7 heteroatoms. The average molecular weight is 470 g/mol. The van der Waals surface area contributed by atoms with Crippen LogP contribution in [-0.4, -0.2) is 21.5 Å². The summed E-state index contributed by atoms with van der Waals surface area (Å²) in [5, 5.41) is 0. The van der Waals surface area contributed by atoms with Gasteiger partial charge in [-0.15, -0.1) is 0 Å². The van der Waals surface area contributed by atoms with Crippen molar-refractivity contribution in [2.45, 2.75) is 43.0 Å². The predicted molar refractivity (Wildman–Crippen MR) is 126 cm³/mol. The summed E-state index contributed by atoms with van der Waals surface area (Å²) in [5.41, 5.74) is 3.02. The fourth-order valence-corrected chi connectivity index (χ4v) is 4.83. The van der Waals surface area contributed by atoms with Crippen molar-refractivity contribution in [3.63, 3.8) is 0 Å². The molecule has 1 unspecified atom stereocenters. The maximum absolute atomic E-state index is 13.3. The molecule has 174 valence electrons. The second-order valence-corrected chi connectivity index (χ2v) is 9.54. The first-order chi connectivity index (χ1) is 15.9. The van der Waals surface area contributed by atoms with E-state index >= 15 is 0 Å². The number of nitrogens with one attached hydrogen (secondary N) is 1. The molecule has 1 atom stereocenters. The van der Waals surface area contributed by atoms with E-state index in [-0.39, 0.29) is 10.9 Å². The number of carbonyl (C=O) groups excluding carboxylic acids is 1. The predicted octanol–water partition coefficient (Wildman–Crippen LogP) is 4.97. The molecule has 5 nitrogen and oxygen atoms in total. The zero-order valence-corrected chi connectivity index (χ0v) is 19.4. The van der Waals surface area contributed by atoms with Crippen LogP contribution in [0, 0.1) is 5.82 Å². The van der Waals surface area contributed by atoms with Gasteiger partial charge in [-0.25, -0.2) is 17.5 Å². The van der Waals surface area contributed by atoms with Crippen LogP contribution in [0.3, 0.4) is 0 Å². The van der Waals surface area contributed by atoms with Crippen molar-refractivity contribution in [1.82, 2.24) is 4.72 Å². The summed E-state index contributed by atoms with van der Waals surface area (Å²) < 4.78 is 46.6. The Bertz CT molecular complexity index is 1130. The molecule has 0 aromatic heterocycles. The van der Waals surface area contributed by atoms with E-state index in [9.17, 15) is 17.6 Å². The number of sulfonamides is 1. The van der Waals surface area contributed by atoms with Crippen LogP contribution in [0.5, 0.6) is 0 Å². The third kappa shape index (κ3) is 7.51. The highest BCUT2D eigenvalue weighted by atomic mass is 32.2. The molecule has 0 aliphatic rings. The fourth-order valence-electron chi connectivity index (χ4n) is 3.57. The van der Waals surface area contributed by atoms with Crippen LogP contribution in [0.1, 0.15) is 42.0 Å². The molecule has 0 aliphatic carbocycles.